The third-order valence-corrected chi connectivity index (χ3v) is 2.64. The largest absolute Gasteiger partial charge is 0.392 e. The maximum atomic E-state index is 9.75. The second-order valence-corrected chi connectivity index (χ2v) is 3.74. The van der Waals surface area contributed by atoms with Crippen molar-refractivity contribution in [1.82, 2.24) is 5.32 Å². The molecule has 84 valence electrons. The van der Waals surface area contributed by atoms with Crippen molar-refractivity contribution < 1.29 is 5.11 Å². The van der Waals surface area contributed by atoms with Crippen LogP contribution in [0.15, 0.2) is 12.2 Å². The summed E-state index contributed by atoms with van der Waals surface area (Å²) in [5.41, 5.74) is 0. The van der Waals surface area contributed by atoms with Crippen molar-refractivity contribution in [2.45, 2.75) is 32.8 Å². The minimum Gasteiger partial charge on any atom is -0.392 e. The van der Waals surface area contributed by atoms with Gasteiger partial charge in [0.1, 0.15) is 0 Å². The van der Waals surface area contributed by atoms with E-state index < -0.39 is 0 Å². The van der Waals surface area contributed by atoms with E-state index in [-0.39, 0.29) is 6.10 Å². The molecule has 0 aliphatic heterocycles. The Morgan fingerprint density at radius 2 is 1.93 bits per heavy atom. The molecule has 2 nitrogen and oxygen atoms in total. The zero-order chi connectivity index (χ0) is 10.8. The molecule has 0 fully saturated rings. The minimum absolute atomic E-state index is 0.227. The summed E-state index contributed by atoms with van der Waals surface area (Å²) in [5.74, 6) is 0.969. The number of rotatable bonds is 8. The molecule has 0 amide bonds. The molecule has 2 N–H and O–H groups in total. The van der Waals surface area contributed by atoms with E-state index in [9.17, 15) is 5.11 Å². The van der Waals surface area contributed by atoms with Crippen molar-refractivity contribution in [3.05, 3.63) is 12.2 Å². The highest BCUT2D eigenvalue weighted by atomic mass is 35.5. The smallest absolute Gasteiger partial charge is 0.0692 e. The Bertz CT molecular complexity index is 146. The first-order valence-corrected chi connectivity index (χ1v) is 5.89. The minimum atomic E-state index is -0.227. The molecule has 0 aliphatic carbocycles. The second kappa shape index (κ2) is 9.50. The predicted octanol–water partition coefficient (Wildman–Crippen LogP) is 2.17. The lowest BCUT2D eigenvalue weighted by molar-refractivity contribution is 0.103. The van der Waals surface area contributed by atoms with E-state index in [0.29, 0.717) is 18.3 Å². The van der Waals surface area contributed by atoms with Crippen LogP contribution in [0.4, 0.5) is 0 Å². The summed E-state index contributed by atoms with van der Waals surface area (Å²) in [6.45, 7) is 5.68. The van der Waals surface area contributed by atoms with Crippen LogP contribution in [0.5, 0.6) is 0 Å². The van der Waals surface area contributed by atoms with Gasteiger partial charge >= 0.3 is 0 Å². The highest BCUT2D eigenvalue weighted by Crippen LogP contribution is 2.11. The zero-order valence-corrected chi connectivity index (χ0v) is 9.93. The van der Waals surface area contributed by atoms with Crippen molar-refractivity contribution >= 4 is 11.6 Å². The summed E-state index contributed by atoms with van der Waals surface area (Å²) < 4.78 is 0. The lowest BCUT2D eigenvalue weighted by Crippen LogP contribution is -2.32. The van der Waals surface area contributed by atoms with Crippen LogP contribution in [0.3, 0.4) is 0 Å². The van der Waals surface area contributed by atoms with E-state index in [0.717, 1.165) is 19.4 Å². The molecule has 0 radical (unpaired) electrons. The van der Waals surface area contributed by atoms with Gasteiger partial charge in [0.25, 0.3) is 0 Å². The van der Waals surface area contributed by atoms with E-state index in [4.69, 9.17) is 11.6 Å². The van der Waals surface area contributed by atoms with Crippen LogP contribution in [-0.4, -0.2) is 30.2 Å². The first kappa shape index (κ1) is 13.9. The van der Waals surface area contributed by atoms with Gasteiger partial charge < -0.3 is 10.4 Å². The van der Waals surface area contributed by atoms with Crippen molar-refractivity contribution in [1.29, 1.82) is 0 Å². The van der Waals surface area contributed by atoms with Gasteiger partial charge in [-0.1, -0.05) is 38.8 Å². The normalized spacial score (nSPS) is 14.1. The summed E-state index contributed by atoms with van der Waals surface area (Å²) >= 11 is 5.47. The molecule has 0 aromatic rings. The lowest BCUT2D eigenvalue weighted by Gasteiger charge is -2.19. The predicted molar refractivity (Wildman–Crippen MR) is 62.8 cm³/mol. The Balaban J connectivity index is 3.51. The average molecular weight is 220 g/mol. The monoisotopic (exact) mass is 219 g/mol. The van der Waals surface area contributed by atoms with Crippen molar-refractivity contribution in [2.75, 3.05) is 19.0 Å². The van der Waals surface area contributed by atoms with E-state index in [1.807, 2.05) is 12.2 Å². The van der Waals surface area contributed by atoms with Gasteiger partial charge in [-0.15, -0.1) is 11.6 Å². The molecule has 0 rings (SSSR count). The number of aliphatic hydroxyl groups is 1. The van der Waals surface area contributed by atoms with Crippen molar-refractivity contribution in [2.24, 2.45) is 5.92 Å². The number of nitrogens with one attached hydrogen (secondary N) is 1. The molecule has 14 heavy (non-hydrogen) atoms. The number of hydrogen-bond donors (Lipinski definition) is 2. The summed E-state index contributed by atoms with van der Waals surface area (Å²) in [7, 11) is 0. The molecule has 1 unspecified atom stereocenters. The Kier molecular flexibility index (Phi) is 9.47. The molecule has 0 saturated heterocycles. The van der Waals surface area contributed by atoms with Gasteiger partial charge in [0.2, 0.25) is 0 Å². The maximum Gasteiger partial charge on any atom is 0.0692 e. The van der Waals surface area contributed by atoms with Crippen molar-refractivity contribution in [3.63, 3.8) is 0 Å². The lowest BCUT2D eigenvalue weighted by atomic mass is 9.97. The zero-order valence-electron chi connectivity index (χ0n) is 9.17. The summed E-state index contributed by atoms with van der Waals surface area (Å²) in [5, 5.41) is 12.9. The Labute approximate surface area is 92.3 Å². The van der Waals surface area contributed by atoms with Gasteiger partial charge in [-0.05, 0) is 5.92 Å². The molecule has 0 aromatic carbocycles. The molecule has 3 heteroatoms. The van der Waals surface area contributed by atoms with E-state index in [1.165, 1.54) is 0 Å². The highest BCUT2D eigenvalue weighted by Gasteiger charge is 2.13. The van der Waals surface area contributed by atoms with Crippen molar-refractivity contribution in [3.8, 4) is 0 Å². The van der Waals surface area contributed by atoms with Crippen LogP contribution in [0.1, 0.15) is 26.7 Å². The van der Waals surface area contributed by atoms with Crippen LogP contribution >= 0.6 is 11.6 Å². The maximum absolute atomic E-state index is 9.75. The fourth-order valence-electron chi connectivity index (χ4n) is 1.46. The molecule has 0 aromatic heterocycles. The Hall–Kier alpha value is -0.0500. The molecule has 0 saturated carbocycles. The molecule has 0 aliphatic rings. The summed E-state index contributed by atoms with van der Waals surface area (Å²) in [4.78, 5) is 0. The number of hydrogen-bond acceptors (Lipinski definition) is 2. The third-order valence-electron chi connectivity index (χ3n) is 2.46. The quantitative estimate of drug-likeness (QED) is 0.373. The standard InChI is InChI=1S/C11H22ClNO/c1-3-10(4-2)11(14)9-13-8-6-5-7-12/h5-6,10-11,13-14H,3-4,7-9H2,1-2H3/b6-5+. The fourth-order valence-corrected chi connectivity index (χ4v) is 1.59. The number of halogens is 1. The SMILES string of the molecule is CCC(CC)C(O)CNC/C=C/CCl. The average Bonchev–Trinajstić information content (AvgIpc) is 2.19. The van der Waals surface area contributed by atoms with Gasteiger partial charge in [-0.2, -0.15) is 0 Å². The van der Waals surface area contributed by atoms with E-state index >= 15 is 0 Å². The van der Waals surface area contributed by atoms with Crippen LogP contribution in [0.25, 0.3) is 0 Å². The van der Waals surface area contributed by atoms with Crippen LogP contribution < -0.4 is 5.32 Å². The topological polar surface area (TPSA) is 32.3 Å². The first-order valence-electron chi connectivity index (χ1n) is 5.35. The molecular formula is C11H22ClNO. The summed E-state index contributed by atoms with van der Waals surface area (Å²) in [6, 6.07) is 0. The third kappa shape index (κ3) is 6.41. The molecule has 0 bridgehead atoms. The van der Waals surface area contributed by atoms with Crippen LogP contribution in [0, 0.1) is 5.92 Å². The Morgan fingerprint density at radius 3 is 2.43 bits per heavy atom. The number of aliphatic hydroxyl groups excluding tert-OH is 1. The second-order valence-electron chi connectivity index (χ2n) is 3.43. The number of allylic oxidation sites excluding steroid dienone is 1. The highest BCUT2D eigenvalue weighted by molar-refractivity contribution is 6.18. The van der Waals surface area contributed by atoms with E-state index in [2.05, 4.69) is 19.2 Å². The van der Waals surface area contributed by atoms with Crippen LogP contribution in [0.2, 0.25) is 0 Å². The van der Waals surface area contributed by atoms with Crippen LogP contribution in [-0.2, 0) is 0 Å². The van der Waals surface area contributed by atoms with Gasteiger partial charge in [-0.3, -0.25) is 0 Å². The molecule has 0 heterocycles. The molecular weight excluding hydrogens is 198 g/mol. The number of alkyl halides is 1. The Morgan fingerprint density at radius 1 is 1.29 bits per heavy atom. The van der Waals surface area contributed by atoms with Gasteiger partial charge in [0.05, 0.1) is 6.10 Å². The van der Waals surface area contributed by atoms with Gasteiger partial charge in [0, 0.05) is 19.0 Å². The van der Waals surface area contributed by atoms with Gasteiger partial charge in [-0.25, -0.2) is 0 Å². The molecule has 0 spiro atoms. The fraction of sp³-hybridized carbons (Fsp3) is 0.818. The summed E-state index contributed by atoms with van der Waals surface area (Å²) in [6.07, 6.45) is 5.73. The van der Waals surface area contributed by atoms with Gasteiger partial charge in [0.15, 0.2) is 0 Å². The first-order chi connectivity index (χ1) is 6.76. The molecule has 1 atom stereocenters. The van der Waals surface area contributed by atoms with E-state index in [1.54, 1.807) is 0 Å².